The third-order valence-electron chi connectivity index (χ3n) is 3.96. The van der Waals surface area contributed by atoms with Gasteiger partial charge in [0.2, 0.25) is 6.29 Å². The first-order chi connectivity index (χ1) is 8.29. The summed E-state index contributed by atoms with van der Waals surface area (Å²) < 4.78 is 11.3. The quantitative estimate of drug-likeness (QED) is 0.716. The molecule has 3 atom stereocenters. The van der Waals surface area contributed by atoms with Gasteiger partial charge in [-0.3, -0.25) is 4.79 Å². The van der Waals surface area contributed by atoms with Crippen molar-refractivity contribution < 1.29 is 14.0 Å². The molecule has 0 radical (unpaired) electrons. The molecule has 1 amide bonds. The maximum Gasteiger partial charge on any atom is 0.278 e. The first kappa shape index (κ1) is 14.0. The summed E-state index contributed by atoms with van der Waals surface area (Å²) in [5.74, 6) is 0.601. The Kier molecular flexibility index (Phi) is 3.85. The summed E-state index contributed by atoms with van der Waals surface area (Å²) in [5.41, 5.74) is 0.251. The van der Waals surface area contributed by atoms with Crippen LogP contribution >= 0.6 is 0 Å². The summed E-state index contributed by atoms with van der Waals surface area (Å²) in [7, 11) is -1.24. The van der Waals surface area contributed by atoms with Gasteiger partial charge in [0.15, 0.2) is 9.04 Å². The Bertz CT molecular complexity index is 327. The van der Waals surface area contributed by atoms with Crippen molar-refractivity contribution in [3.8, 4) is 0 Å². The molecule has 2 fully saturated rings. The maximum atomic E-state index is 12.3. The molecular formula is C13H25NO3Si. The lowest BCUT2D eigenvalue weighted by molar-refractivity contribution is -0.182. The number of carbonyl (C=O) groups is 1. The topological polar surface area (TPSA) is 38.8 Å². The highest BCUT2D eigenvalue weighted by molar-refractivity contribution is 6.48. The van der Waals surface area contributed by atoms with Gasteiger partial charge in [-0.2, -0.15) is 0 Å². The molecule has 18 heavy (non-hydrogen) atoms. The van der Waals surface area contributed by atoms with Crippen LogP contribution in [0.1, 0.15) is 27.2 Å². The van der Waals surface area contributed by atoms with Crippen molar-refractivity contribution in [2.24, 2.45) is 11.3 Å². The molecule has 104 valence electrons. The van der Waals surface area contributed by atoms with Crippen LogP contribution in [0.3, 0.4) is 0 Å². The molecule has 0 spiro atoms. The van der Waals surface area contributed by atoms with Crippen molar-refractivity contribution >= 4 is 14.9 Å². The van der Waals surface area contributed by atoms with Crippen molar-refractivity contribution in [3.63, 3.8) is 0 Å². The monoisotopic (exact) mass is 271 g/mol. The Labute approximate surface area is 111 Å². The van der Waals surface area contributed by atoms with Crippen LogP contribution in [-0.4, -0.2) is 45.3 Å². The molecule has 2 aliphatic heterocycles. The molecule has 0 aromatic heterocycles. The third kappa shape index (κ3) is 2.78. The van der Waals surface area contributed by atoms with Crippen molar-refractivity contribution in [3.05, 3.63) is 0 Å². The van der Waals surface area contributed by atoms with Crippen molar-refractivity contribution in [1.82, 2.24) is 4.90 Å². The number of amides is 1. The largest absolute Gasteiger partial charge is 0.389 e. The van der Waals surface area contributed by atoms with Crippen molar-refractivity contribution in [2.45, 2.75) is 52.6 Å². The fourth-order valence-electron chi connectivity index (χ4n) is 2.72. The third-order valence-corrected chi connectivity index (χ3v) is 4.75. The fraction of sp³-hybridized carbons (Fsp3) is 0.923. The second-order valence-corrected chi connectivity index (χ2v) is 9.16. The van der Waals surface area contributed by atoms with Gasteiger partial charge in [0, 0.05) is 6.54 Å². The Morgan fingerprint density at radius 1 is 1.39 bits per heavy atom. The normalized spacial score (nSPS) is 33.1. The van der Waals surface area contributed by atoms with Gasteiger partial charge in [0.25, 0.3) is 5.91 Å². The Morgan fingerprint density at radius 2 is 2.06 bits per heavy atom. The summed E-state index contributed by atoms with van der Waals surface area (Å²) in [6.07, 6.45) is 0.424. The second kappa shape index (κ2) is 4.94. The Morgan fingerprint density at radius 3 is 2.61 bits per heavy atom. The standard InChI is InChI=1S/C13H25NO3Si/c1-13(2,3)9-6-10-8-16-12(17-18(4)5)11(15)14(10)7-9/h9-10,12,18H,6-8H2,1-5H3/t9-,10-,12?/m0/s1. The van der Waals surface area contributed by atoms with Crippen molar-refractivity contribution in [1.29, 1.82) is 0 Å². The van der Waals surface area contributed by atoms with Crippen LogP contribution in [0.2, 0.25) is 13.1 Å². The fourth-order valence-corrected chi connectivity index (χ4v) is 3.41. The summed E-state index contributed by atoms with van der Waals surface area (Å²) in [6, 6.07) is 0.260. The highest BCUT2D eigenvalue weighted by Gasteiger charge is 2.45. The first-order valence-corrected chi connectivity index (χ1v) is 9.64. The number of nitrogens with zero attached hydrogens (tertiary/aromatic N) is 1. The van der Waals surface area contributed by atoms with Crippen LogP contribution in [0, 0.1) is 11.3 Å². The average Bonchev–Trinajstić information content (AvgIpc) is 2.66. The molecule has 4 nitrogen and oxygen atoms in total. The minimum absolute atomic E-state index is 0.0409. The second-order valence-electron chi connectivity index (χ2n) is 6.79. The van der Waals surface area contributed by atoms with Gasteiger partial charge in [-0.05, 0) is 30.8 Å². The molecule has 0 N–H and O–H groups in total. The van der Waals surface area contributed by atoms with Gasteiger partial charge in [0.05, 0.1) is 12.6 Å². The maximum absolute atomic E-state index is 12.3. The summed E-state index contributed by atoms with van der Waals surface area (Å²) in [4.78, 5) is 14.3. The molecule has 0 saturated carbocycles. The number of hydrogen-bond donors (Lipinski definition) is 0. The van der Waals surface area contributed by atoms with E-state index in [4.69, 9.17) is 9.16 Å². The van der Waals surface area contributed by atoms with Crippen LogP contribution < -0.4 is 0 Å². The minimum Gasteiger partial charge on any atom is -0.389 e. The smallest absolute Gasteiger partial charge is 0.278 e. The number of rotatable bonds is 2. The van der Waals surface area contributed by atoms with E-state index in [-0.39, 0.29) is 17.4 Å². The molecule has 5 heteroatoms. The molecule has 2 saturated heterocycles. The number of morpholine rings is 1. The van der Waals surface area contributed by atoms with Crippen LogP contribution in [0.25, 0.3) is 0 Å². The van der Waals surface area contributed by atoms with E-state index in [1.165, 1.54) is 0 Å². The van der Waals surface area contributed by atoms with Crippen LogP contribution in [0.15, 0.2) is 0 Å². The van der Waals surface area contributed by atoms with E-state index in [1.807, 2.05) is 4.90 Å². The van der Waals surface area contributed by atoms with Crippen LogP contribution in [0.4, 0.5) is 0 Å². The minimum atomic E-state index is -1.24. The van der Waals surface area contributed by atoms with Gasteiger partial charge >= 0.3 is 0 Å². The van der Waals surface area contributed by atoms with Gasteiger partial charge in [0.1, 0.15) is 0 Å². The van der Waals surface area contributed by atoms with E-state index in [1.54, 1.807) is 0 Å². The average molecular weight is 271 g/mol. The molecule has 2 aliphatic rings. The van der Waals surface area contributed by atoms with Crippen LogP contribution in [-0.2, 0) is 14.0 Å². The lowest BCUT2D eigenvalue weighted by Gasteiger charge is -2.35. The van der Waals surface area contributed by atoms with E-state index < -0.39 is 15.3 Å². The Hall–Kier alpha value is -0.393. The summed E-state index contributed by atoms with van der Waals surface area (Å²) >= 11 is 0. The van der Waals surface area contributed by atoms with E-state index >= 15 is 0 Å². The van der Waals surface area contributed by atoms with Crippen molar-refractivity contribution in [2.75, 3.05) is 13.2 Å². The molecule has 2 rings (SSSR count). The zero-order valence-corrected chi connectivity index (χ0v) is 13.3. The SMILES string of the molecule is C[SiH](C)OC1OC[C@@H]2C[C@H](C(C)(C)C)CN2C1=O. The molecule has 0 aliphatic carbocycles. The predicted molar refractivity (Wildman–Crippen MR) is 72.8 cm³/mol. The van der Waals surface area contributed by atoms with Gasteiger partial charge in [-0.25, -0.2) is 0 Å². The van der Waals surface area contributed by atoms with Gasteiger partial charge < -0.3 is 14.1 Å². The number of ether oxygens (including phenoxy) is 1. The molecule has 0 aromatic rings. The number of hydrogen-bond acceptors (Lipinski definition) is 3. The predicted octanol–water partition coefficient (Wildman–Crippen LogP) is 1.61. The van der Waals surface area contributed by atoms with E-state index in [0.29, 0.717) is 12.5 Å². The highest BCUT2D eigenvalue weighted by atomic mass is 28.3. The van der Waals surface area contributed by atoms with E-state index in [2.05, 4.69) is 33.9 Å². The molecule has 0 aromatic carbocycles. The van der Waals surface area contributed by atoms with Gasteiger partial charge in [-0.1, -0.05) is 20.8 Å². The number of carbonyl (C=O) groups excluding carboxylic acids is 1. The molecule has 2 heterocycles. The summed E-state index contributed by atoms with van der Waals surface area (Å²) in [6.45, 7) is 12.3. The lowest BCUT2D eigenvalue weighted by atomic mass is 9.79. The molecule has 1 unspecified atom stereocenters. The molecular weight excluding hydrogens is 246 g/mol. The zero-order valence-electron chi connectivity index (χ0n) is 12.1. The number of fused-ring (bicyclic) bond motifs is 1. The first-order valence-electron chi connectivity index (χ1n) is 6.86. The van der Waals surface area contributed by atoms with Crippen LogP contribution in [0.5, 0.6) is 0 Å². The summed E-state index contributed by atoms with van der Waals surface area (Å²) in [5, 5.41) is 0. The van der Waals surface area contributed by atoms with Gasteiger partial charge in [-0.15, -0.1) is 0 Å². The Balaban J connectivity index is 2.03. The van der Waals surface area contributed by atoms with E-state index in [0.717, 1.165) is 13.0 Å². The lowest BCUT2D eigenvalue weighted by Crippen LogP contribution is -2.52. The highest BCUT2D eigenvalue weighted by Crippen LogP contribution is 2.38. The zero-order chi connectivity index (χ0) is 13.5. The molecule has 0 bridgehead atoms. The van der Waals surface area contributed by atoms with E-state index in [9.17, 15) is 4.79 Å².